The molecule has 0 amide bonds. The van der Waals surface area contributed by atoms with Crippen molar-refractivity contribution in [2.75, 3.05) is 26.3 Å². The lowest BCUT2D eigenvalue weighted by atomic mass is 10.1. The number of aliphatic hydroxyl groups is 1. The van der Waals surface area contributed by atoms with Gasteiger partial charge in [-0.1, -0.05) is 12.1 Å². The normalized spacial score (nSPS) is 17.4. The van der Waals surface area contributed by atoms with Crippen LogP contribution in [0.2, 0.25) is 0 Å². The number of morpholine rings is 1. The fraction of sp³-hybridized carbons (Fsp3) is 0.429. The average molecular weight is 247 g/mol. The number of benzene rings is 1. The molecular weight excluding hydrogens is 230 g/mol. The molecule has 1 saturated heterocycles. The third-order valence-electron chi connectivity index (χ3n) is 3.40. The van der Waals surface area contributed by atoms with Crippen LogP contribution in [0.15, 0.2) is 28.9 Å². The number of hydrogen-bond acceptors (Lipinski definition) is 4. The van der Waals surface area contributed by atoms with Gasteiger partial charge in [-0.2, -0.15) is 0 Å². The van der Waals surface area contributed by atoms with Gasteiger partial charge in [-0.15, -0.1) is 0 Å². The standard InChI is InChI=1S/C14H17NO3/c16-9-14-13-7-11(1-2-12(13)10-18-14)8-15-3-5-17-6-4-15/h1-2,7,10,16H,3-6,8-9H2. The summed E-state index contributed by atoms with van der Waals surface area (Å²) in [5.41, 5.74) is 1.25. The minimum Gasteiger partial charge on any atom is -0.466 e. The second kappa shape index (κ2) is 5.10. The summed E-state index contributed by atoms with van der Waals surface area (Å²) in [6.07, 6.45) is 1.69. The topological polar surface area (TPSA) is 45.8 Å². The first kappa shape index (κ1) is 11.7. The zero-order chi connectivity index (χ0) is 12.4. The zero-order valence-corrected chi connectivity index (χ0v) is 10.3. The van der Waals surface area contributed by atoms with E-state index in [1.165, 1.54) is 5.56 Å². The molecule has 0 atom stereocenters. The lowest BCUT2D eigenvalue weighted by Gasteiger charge is -2.26. The highest BCUT2D eigenvalue weighted by Crippen LogP contribution is 2.23. The molecule has 0 spiro atoms. The molecule has 1 N–H and O–H groups in total. The van der Waals surface area contributed by atoms with Gasteiger partial charge in [0.15, 0.2) is 0 Å². The number of ether oxygens (including phenoxy) is 1. The molecular formula is C14H17NO3. The molecule has 96 valence electrons. The van der Waals surface area contributed by atoms with Gasteiger partial charge >= 0.3 is 0 Å². The number of furan rings is 1. The van der Waals surface area contributed by atoms with Gasteiger partial charge in [-0.05, 0) is 11.6 Å². The maximum atomic E-state index is 9.22. The lowest BCUT2D eigenvalue weighted by molar-refractivity contribution is 0.0342. The van der Waals surface area contributed by atoms with Crippen molar-refractivity contribution in [3.8, 4) is 0 Å². The van der Waals surface area contributed by atoms with Crippen LogP contribution in [0.5, 0.6) is 0 Å². The first-order chi connectivity index (χ1) is 8.86. The Morgan fingerprint density at radius 3 is 2.83 bits per heavy atom. The maximum Gasteiger partial charge on any atom is 0.136 e. The van der Waals surface area contributed by atoms with Crippen LogP contribution in [0.1, 0.15) is 11.3 Å². The first-order valence-corrected chi connectivity index (χ1v) is 6.27. The highest BCUT2D eigenvalue weighted by molar-refractivity contribution is 5.84. The van der Waals surface area contributed by atoms with Gasteiger partial charge in [-0.3, -0.25) is 4.90 Å². The summed E-state index contributed by atoms with van der Waals surface area (Å²) < 4.78 is 10.7. The molecule has 3 rings (SSSR count). The molecule has 1 aliphatic heterocycles. The smallest absolute Gasteiger partial charge is 0.136 e. The lowest BCUT2D eigenvalue weighted by Crippen LogP contribution is -2.35. The number of hydrogen-bond donors (Lipinski definition) is 1. The van der Waals surface area contributed by atoms with E-state index in [1.807, 2.05) is 6.07 Å². The molecule has 18 heavy (non-hydrogen) atoms. The van der Waals surface area contributed by atoms with Crippen LogP contribution in [0.25, 0.3) is 10.8 Å². The molecule has 4 nitrogen and oxygen atoms in total. The van der Waals surface area contributed by atoms with Gasteiger partial charge in [0, 0.05) is 30.4 Å². The molecule has 0 aliphatic carbocycles. The summed E-state index contributed by atoms with van der Waals surface area (Å²) in [7, 11) is 0. The summed E-state index contributed by atoms with van der Waals surface area (Å²) in [6, 6.07) is 6.28. The maximum absolute atomic E-state index is 9.22. The van der Waals surface area contributed by atoms with E-state index in [1.54, 1.807) is 6.26 Å². The predicted octanol–water partition coefficient (Wildman–Crippen LogP) is 1.76. The fourth-order valence-corrected chi connectivity index (χ4v) is 2.38. The van der Waals surface area contributed by atoms with Gasteiger partial charge < -0.3 is 14.3 Å². The van der Waals surface area contributed by atoms with E-state index in [4.69, 9.17) is 9.15 Å². The Labute approximate surface area is 106 Å². The Morgan fingerprint density at radius 1 is 1.22 bits per heavy atom. The van der Waals surface area contributed by atoms with E-state index in [0.29, 0.717) is 5.76 Å². The average Bonchev–Trinajstić information content (AvgIpc) is 2.82. The summed E-state index contributed by atoms with van der Waals surface area (Å²) in [5, 5.41) is 11.3. The SMILES string of the molecule is OCc1occ2ccc(CN3CCOCC3)cc12. The zero-order valence-electron chi connectivity index (χ0n) is 10.3. The Balaban J connectivity index is 1.83. The van der Waals surface area contributed by atoms with Crippen LogP contribution < -0.4 is 0 Å². The Bertz CT molecular complexity index is 529. The molecule has 0 bridgehead atoms. The number of rotatable bonds is 3. The molecule has 2 heterocycles. The van der Waals surface area contributed by atoms with Crippen molar-refractivity contribution < 1.29 is 14.3 Å². The summed E-state index contributed by atoms with van der Waals surface area (Å²) >= 11 is 0. The number of aliphatic hydroxyl groups excluding tert-OH is 1. The van der Waals surface area contributed by atoms with Crippen LogP contribution in [0, 0.1) is 0 Å². The monoisotopic (exact) mass is 247 g/mol. The molecule has 0 saturated carbocycles. The quantitative estimate of drug-likeness (QED) is 0.897. The van der Waals surface area contributed by atoms with Gasteiger partial charge in [-0.25, -0.2) is 0 Å². The predicted molar refractivity (Wildman–Crippen MR) is 68.2 cm³/mol. The van der Waals surface area contributed by atoms with E-state index in [9.17, 15) is 5.11 Å². The third-order valence-corrected chi connectivity index (χ3v) is 3.40. The largest absolute Gasteiger partial charge is 0.466 e. The summed E-state index contributed by atoms with van der Waals surface area (Å²) in [4.78, 5) is 2.38. The Kier molecular flexibility index (Phi) is 3.32. The van der Waals surface area contributed by atoms with Crippen molar-refractivity contribution in [1.82, 2.24) is 4.90 Å². The van der Waals surface area contributed by atoms with E-state index in [0.717, 1.165) is 43.6 Å². The Hall–Kier alpha value is -1.36. The van der Waals surface area contributed by atoms with Crippen LogP contribution in [-0.4, -0.2) is 36.3 Å². The van der Waals surface area contributed by atoms with Crippen LogP contribution in [0.4, 0.5) is 0 Å². The van der Waals surface area contributed by atoms with Crippen LogP contribution >= 0.6 is 0 Å². The van der Waals surface area contributed by atoms with E-state index < -0.39 is 0 Å². The molecule has 0 unspecified atom stereocenters. The highest BCUT2D eigenvalue weighted by Gasteiger charge is 2.12. The highest BCUT2D eigenvalue weighted by atomic mass is 16.5. The van der Waals surface area contributed by atoms with Crippen molar-refractivity contribution in [3.05, 3.63) is 35.8 Å². The van der Waals surface area contributed by atoms with Crippen LogP contribution in [0.3, 0.4) is 0 Å². The van der Waals surface area contributed by atoms with Gasteiger partial charge in [0.1, 0.15) is 12.4 Å². The van der Waals surface area contributed by atoms with Gasteiger partial charge in [0.2, 0.25) is 0 Å². The van der Waals surface area contributed by atoms with Gasteiger partial charge in [0.25, 0.3) is 0 Å². The molecule has 1 aliphatic rings. The number of fused-ring (bicyclic) bond motifs is 1. The molecule has 1 aromatic heterocycles. The second-order valence-electron chi connectivity index (χ2n) is 4.63. The van der Waals surface area contributed by atoms with Crippen molar-refractivity contribution in [1.29, 1.82) is 0 Å². The number of nitrogens with zero attached hydrogens (tertiary/aromatic N) is 1. The molecule has 1 aromatic carbocycles. The second-order valence-corrected chi connectivity index (χ2v) is 4.63. The Morgan fingerprint density at radius 2 is 2.06 bits per heavy atom. The summed E-state index contributed by atoms with van der Waals surface area (Å²) in [6.45, 7) is 4.47. The molecule has 0 radical (unpaired) electrons. The first-order valence-electron chi connectivity index (χ1n) is 6.27. The van der Waals surface area contributed by atoms with E-state index in [2.05, 4.69) is 17.0 Å². The third kappa shape index (κ3) is 2.27. The summed E-state index contributed by atoms with van der Waals surface area (Å²) in [5.74, 6) is 0.647. The minimum absolute atomic E-state index is 0.0511. The van der Waals surface area contributed by atoms with Crippen molar-refractivity contribution in [2.24, 2.45) is 0 Å². The van der Waals surface area contributed by atoms with Gasteiger partial charge in [0.05, 0.1) is 19.5 Å². The molecule has 4 heteroatoms. The van der Waals surface area contributed by atoms with Crippen LogP contribution in [-0.2, 0) is 17.9 Å². The van der Waals surface area contributed by atoms with E-state index in [-0.39, 0.29) is 6.61 Å². The molecule has 1 fully saturated rings. The van der Waals surface area contributed by atoms with Crippen molar-refractivity contribution in [2.45, 2.75) is 13.2 Å². The fourth-order valence-electron chi connectivity index (χ4n) is 2.38. The van der Waals surface area contributed by atoms with E-state index >= 15 is 0 Å². The minimum atomic E-state index is -0.0511. The van der Waals surface area contributed by atoms with Crippen molar-refractivity contribution in [3.63, 3.8) is 0 Å². The van der Waals surface area contributed by atoms with Crippen molar-refractivity contribution >= 4 is 10.8 Å². The molecule has 2 aromatic rings.